The van der Waals surface area contributed by atoms with Gasteiger partial charge in [0, 0.05) is 25.3 Å². The molecule has 1 heterocycles. The van der Waals surface area contributed by atoms with Crippen LogP contribution < -0.4 is 10.2 Å². The van der Waals surface area contributed by atoms with Crippen LogP contribution in [0.25, 0.3) is 0 Å². The van der Waals surface area contributed by atoms with E-state index in [4.69, 9.17) is 0 Å². The van der Waals surface area contributed by atoms with Crippen LogP contribution in [0.1, 0.15) is 44.2 Å². The summed E-state index contributed by atoms with van der Waals surface area (Å²) in [6.45, 7) is 10.4. The highest BCUT2D eigenvalue weighted by Gasteiger charge is 2.30. The van der Waals surface area contributed by atoms with E-state index in [1.807, 2.05) is 0 Å². The van der Waals surface area contributed by atoms with Gasteiger partial charge in [0.1, 0.15) is 0 Å². The molecule has 0 unspecified atom stereocenters. The molecule has 1 aliphatic rings. The number of aryl methyl sites for hydroxylation is 2. The van der Waals surface area contributed by atoms with E-state index in [9.17, 15) is 0 Å². The van der Waals surface area contributed by atoms with E-state index < -0.39 is 0 Å². The maximum absolute atomic E-state index is 3.41. The van der Waals surface area contributed by atoms with Crippen molar-refractivity contribution < 1.29 is 0 Å². The van der Waals surface area contributed by atoms with E-state index >= 15 is 0 Å². The van der Waals surface area contributed by atoms with E-state index in [0.717, 1.165) is 6.54 Å². The lowest BCUT2D eigenvalue weighted by Crippen LogP contribution is -2.44. The van der Waals surface area contributed by atoms with Gasteiger partial charge in [-0.3, -0.25) is 0 Å². The Morgan fingerprint density at radius 3 is 2.65 bits per heavy atom. The smallest absolute Gasteiger partial charge is 0.0399 e. The Bertz CT molecular complexity index is 435. The highest BCUT2D eigenvalue weighted by molar-refractivity contribution is 5.56. The van der Waals surface area contributed by atoms with Crippen molar-refractivity contribution in [3.05, 3.63) is 29.3 Å². The molecule has 1 aliphatic heterocycles. The quantitative estimate of drug-likeness (QED) is 0.849. The molecule has 0 radical (unpaired) electrons. The fraction of sp³-hybridized carbons (Fsp3) is 0.667. The van der Waals surface area contributed by atoms with Gasteiger partial charge in [-0.25, -0.2) is 0 Å². The topological polar surface area (TPSA) is 15.3 Å². The molecule has 1 aromatic carbocycles. The second-order valence-electron chi connectivity index (χ2n) is 6.39. The normalized spacial score (nSPS) is 15.3. The van der Waals surface area contributed by atoms with E-state index in [0.29, 0.717) is 5.41 Å². The molecule has 0 aliphatic carbocycles. The summed E-state index contributed by atoms with van der Waals surface area (Å²) in [6, 6.07) is 6.97. The minimum Gasteiger partial charge on any atom is -0.371 e. The molecule has 2 nitrogen and oxygen atoms in total. The highest BCUT2D eigenvalue weighted by Crippen LogP contribution is 2.33. The molecule has 0 atom stereocenters. The van der Waals surface area contributed by atoms with Gasteiger partial charge >= 0.3 is 0 Å². The van der Waals surface area contributed by atoms with Crippen LogP contribution in [0, 0.1) is 12.3 Å². The zero-order chi connectivity index (χ0) is 14.6. The van der Waals surface area contributed by atoms with Crippen LogP contribution in [-0.2, 0) is 6.42 Å². The summed E-state index contributed by atoms with van der Waals surface area (Å²) >= 11 is 0. The molecule has 0 fully saturated rings. The number of benzene rings is 1. The largest absolute Gasteiger partial charge is 0.371 e. The zero-order valence-corrected chi connectivity index (χ0v) is 13.6. The number of nitrogens with zero attached hydrogens (tertiary/aromatic N) is 1. The van der Waals surface area contributed by atoms with Gasteiger partial charge in [-0.2, -0.15) is 0 Å². The Morgan fingerprint density at radius 2 is 2.00 bits per heavy atom. The Balaban J connectivity index is 2.22. The lowest BCUT2D eigenvalue weighted by Gasteiger charge is -2.41. The van der Waals surface area contributed by atoms with Crippen molar-refractivity contribution in [3.8, 4) is 0 Å². The minimum absolute atomic E-state index is 0.397. The minimum atomic E-state index is 0.397. The first kappa shape index (κ1) is 15.4. The van der Waals surface area contributed by atoms with Crippen LogP contribution in [0.5, 0.6) is 0 Å². The number of nitrogens with one attached hydrogen (secondary N) is 1. The Kier molecular flexibility index (Phi) is 5.09. The van der Waals surface area contributed by atoms with Crippen molar-refractivity contribution in [3.63, 3.8) is 0 Å². The van der Waals surface area contributed by atoms with Crippen LogP contribution >= 0.6 is 0 Å². The molecular weight excluding hydrogens is 244 g/mol. The summed E-state index contributed by atoms with van der Waals surface area (Å²) in [7, 11) is 2.08. The van der Waals surface area contributed by atoms with E-state index in [-0.39, 0.29) is 0 Å². The standard InChI is InChI=1S/C18H30N2/c1-5-18(6-2,13-19-4)14-20-11-7-8-16-12-15(3)9-10-17(16)20/h9-10,12,19H,5-8,11,13-14H2,1-4H3. The maximum Gasteiger partial charge on any atom is 0.0399 e. The number of hydrogen-bond donors (Lipinski definition) is 1. The number of anilines is 1. The molecule has 112 valence electrons. The predicted molar refractivity (Wildman–Crippen MR) is 88.7 cm³/mol. The monoisotopic (exact) mass is 274 g/mol. The van der Waals surface area contributed by atoms with Gasteiger partial charge in [-0.05, 0) is 56.7 Å². The van der Waals surface area contributed by atoms with Gasteiger partial charge in [0.2, 0.25) is 0 Å². The first-order valence-electron chi connectivity index (χ1n) is 8.13. The molecule has 0 amide bonds. The third-order valence-electron chi connectivity index (χ3n) is 5.03. The first-order chi connectivity index (χ1) is 9.64. The van der Waals surface area contributed by atoms with Gasteiger partial charge in [-0.15, -0.1) is 0 Å². The summed E-state index contributed by atoms with van der Waals surface area (Å²) in [5.41, 5.74) is 4.80. The van der Waals surface area contributed by atoms with Crippen molar-refractivity contribution >= 4 is 5.69 Å². The second kappa shape index (κ2) is 6.62. The number of fused-ring (bicyclic) bond motifs is 1. The lowest BCUT2D eigenvalue weighted by atomic mass is 9.81. The molecule has 0 bridgehead atoms. The van der Waals surface area contributed by atoms with Crippen molar-refractivity contribution in [1.82, 2.24) is 5.32 Å². The van der Waals surface area contributed by atoms with E-state index in [1.54, 1.807) is 5.56 Å². The van der Waals surface area contributed by atoms with Crippen LogP contribution in [0.2, 0.25) is 0 Å². The molecule has 2 rings (SSSR count). The average Bonchev–Trinajstić information content (AvgIpc) is 2.46. The lowest BCUT2D eigenvalue weighted by molar-refractivity contribution is 0.257. The molecule has 0 spiro atoms. The molecule has 0 saturated heterocycles. The summed E-state index contributed by atoms with van der Waals surface area (Å²) < 4.78 is 0. The fourth-order valence-corrected chi connectivity index (χ4v) is 3.53. The van der Waals surface area contributed by atoms with E-state index in [2.05, 4.69) is 56.2 Å². The van der Waals surface area contributed by atoms with Crippen molar-refractivity contribution in [2.75, 3.05) is 31.6 Å². The summed E-state index contributed by atoms with van der Waals surface area (Å²) in [5.74, 6) is 0. The Hall–Kier alpha value is -1.02. The third-order valence-corrected chi connectivity index (χ3v) is 5.03. The van der Waals surface area contributed by atoms with E-state index in [1.165, 1.54) is 50.0 Å². The van der Waals surface area contributed by atoms with Gasteiger partial charge in [-0.1, -0.05) is 31.5 Å². The van der Waals surface area contributed by atoms with Gasteiger partial charge < -0.3 is 10.2 Å². The molecule has 20 heavy (non-hydrogen) atoms. The van der Waals surface area contributed by atoms with Crippen molar-refractivity contribution in [2.24, 2.45) is 5.41 Å². The van der Waals surface area contributed by atoms with Crippen LogP contribution in [0.3, 0.4) is 0 Å². The van der Waals surface area contributed by atoms with Crippen molar-refractivity contribution in [1.29, 1.82) is 0 Å². The van der Waals surface area contributed by atoms with Gasteiger partial charge in [0.05, 0.1) is 0 Å². The van der Waals surface area contributed by atoms with Crippen molar-refractivity contribution in [2.45, 2.75) is 46.5 Å². The summed E-state index contributed by atoms with van der Waals surface area (Å²) in [6.07, 6.45) is 5.01. The molecule has 1 N–H and O–H groups in total. The second-order valence-corrected chi connectivity index (χ2v) is 6.39. The molecule has 2 heteroatoms. The fourth-order valence-electron chi connectivity index (χ4n) is 3.53. The number of hydrogen-bond acceptors (Lipinski definition) is 2. The van der Waals surface area contributed by atoms with Gasteiger partial charge in [0.25, 0.3) is 0 Å². The summed E-state index contributed by atoms with van der Waals surface area (Å²) in [5, 5.41) is 3.41. The Morgan fingerprint density at radius 1 is 1.25 bits per heavy atom. The highest BCUT2D eigenvalue weighted by atomic mass is 15.1. The average molecular weight is 274 g/mol. The zero-order valence-electron chi connectivity index (χ0n) is 13.6. The van der Waals surface area contributed by atoms with Crippen LogP contribution in [0.15, 0.2) is 18.2 Å². The predicted octanol–water partition coefficient (Wildman–Crippen LogP) is 3.77. The number of rotatable bonds is 6. The SMILES string of the molecule is CCC(CC)(CNC)CN1CCCc2cc(C)ccc21. The first-order valence-corrected chi connectivity index (χ1v) is 8.13. The molecule has 0 aromatic heterocycles. The van der Waals surface area contributed by atoms with Crippen LogP contribution in [-0.4, -0.2) is 26.7 Å². The Labute approximate surface area is 124 Å². The maximum atomic E-state index is 3.41. The molecule has 1 aromatic rings. The summed E-state index contributed by atoms with van der Waals surface area (Å²) in [4.78, 5) is 2.63. The molecular formula is C18H30N2. The van der Waals surface area contributed by atoms with Gasteiger partial charge in [0.15, 0.2) is 0 Å². The third kappa shape index (κ3) is 3.17. The molecule has 0 saturated carbocycles. The van der Waals surface area contributed by atoms with Crippen LogP contribution in [0.4, 0.5) is 5.69 Å².